The Bertz CT molecular complexity index is 319. The van der Waals surface area contributed by atoms with Crippen molar-refractivity contribution in [3.8, 4) is 0 Å². The molecule has 0 aliphatic heterocycles. The van der Waals surface area contributed by atoms with E-state index < -0.39 is 0 Å². The fraction of sp³-hybridized carbons (Fsp3) is 0.800. The van der Waals surface area contributed by atoms with E-state index in [1.165, 1.54) is 19.3 Å². The molecule has 0 aromatic heterocycles. The second-order valence-electron chi connectivity index (χ2n) is 6.57. The van der Waals surface area contributed by atoms with Crippen LogP contribution in [0, 0.1) is 16.7 Å². The predicted molar refractivity (Wildman–Crippen MR) is 67.2 cm³/mol. The molecule has 2 aliphatic carbocycles. The van der Waals surface area contributed by atoms with Crippen LogP contribution in [0.25, 0.3) is 0 Å². The van der Waals surface area contributed by atoms with Gasteiger partial charge in [-0.15, -0.1) is 0 Å². The Balaban J connectivity index is 2.12. The molecule has 0 aromatic rings. The van der Waals surface area contributed by atoms with Crippen molar-refractivity contribution >= 4 is 5.78 Å². The van der Waals surface area contributed by atoms with Gasteiger partial charge in [0.2, 0.25) is 0 Å². The van der Waals surface area contributed by atoms with Gasteiger partial charge in [-0.2, -0.15) is 0 Å². The number of carbonyl (C=O) groups is 1. The SMILES string of the molecule is CC1(C)C(C(=O)C2=CCCCCC2)C1(C)C. The van der Waals surface area contributed by atoms with Crippen LogP contribution < -0.4 is 0 Å². The summed E-state index contributed by atoms with van der Waals surface area (Å²) in [6.45, 7) is 8.92. The van der Waals surface area contributed by atoms with Crippen molar-refractivity contribution in [1.29, 1.82) is 0 Å². The van der Waals surface area contributed by atoms with Gasteiger partial charge in [0.15, 0.2) is 5.78 Å². The lowest BCUT2D eigenvalue weighted by Crippen LogP contribution is -2.10. The maximum atomic E-state index is 12.5. The van der Waals surface area contributed by atoms with Crippen molar-refractivity contribution < 1.29 is 4.79 Å². The topological polar surface area (TPSA) is 17.1 Å². The molecule has 2 rings (SSSR count). The van der Waals surface area contributed by atoms with E-state index in [0.29, 0.717) is 5.78 Å². The minimum absolute atomic E-state index is 0.192. The Hall–Kier alpha value is -0.590. The largest absolute Gasteiger partial charge is 0.294 e. The summed E-state index contributed by atoms with van der Waals surface area (Å²) in [4.78, 5) is 12.5. The quantitative estimate of drug-likeness (QED) is 0.684. The van der Waals surface area contributed by atoms with E-state index in [9.17, 15) is 4.79 Å². The molecule has 1 fully saturated rings. The Morgan fingerprint density at radius 2 is 1.75 bits per heavy atom. The van der Waals surface area contributed by atoms with E-state index in [2.05, 4.69) is 33.8 Å². The lowest BCUT2D eigenvalue weighted by atomic mass is 9.98. The second kappa shape index (κ2) is 3.72. The van der Waals surface area contributed by atoms with Crippen LogP contribution in [0.1, 0.15) is 59.8 Å². The molecule has 2 aliphatic rings. The number of hydrogen-bond acceptors (Lipinski definition) is 1. The van der Waals surface area contributed by atoms with Crippen LogP contribution in [0.4, 0.5) is 0 Å². The first kappa shape index (κ1) is 11.9. The lowest BCUT2D eigenvalue weighted by molar-refractivity contribution is -0.117. The first-order chi connectivity index (χ1) is 7.39. The Kier molecular flexibility index (Phi) is 2.76. The molecular formula is C15H24O. The van der Waals surface area contributed by atoms with Crippen LogP contribution in [0.2, 0.25) is 0 Å². The van der Waals surface area contributed by atoms with Crippen molar-refractivity contribution in [3.05, 3.63) is 11.6 Å². The molecule has 0 bridgehead atoms. The second-order valence-corrected chi connectivity index (χ2v) is 6.57. The minimum Gasteiger partial charge on any atom is -0.294 e. The first-order valence-electron chi connectivity index (χ1n) is 6.62. The van der Waals surface area contributed by atoms with Gasteiger partial charge in [-0.3, -0.25) is 4.79 Å². The molecule has 16 heavy (non-hydrogen) atoms. The summed E-state index contributed by atoms with van der Waals surface area (Å²) >= 11 is 0. The average molecular weight is 220 g/mol. The number of ketones is 1. The Morgan fingerprint density at radius 1 is 1.12 bits per heavy atom. The van der Waals surface area contributed by atoms with Crippen molar-refractivity contribution in [3.63, 3.8) is 0 Å². The Morgan fingerprint density at radius 3 is 2.31 bits per heavy atom. The zero-order chi connectivity index (χ0) is 12.0. The van der Waals surface area contributed by atoms with Gasteiger partial charge in [-0.1, -0.05) is 40.2 Å². The van der Waals surface area contributed by atoms with Crippen molar-refractivity contribution in [2.75, 3.05) is 0 Å². The summed E-state index contributed by atoms with van der Waals surface area (Å²) in [5.74, 6) is 0.696. The van der Waals surface area contributed by atoms with Crippen molar-refractivity contribution in [2.24, 2.45) is 16.7 Å². The van der Waals surface area contributed by atoms with E-state index in [4.69, 9.17) is 0 Å². The highest BCUT2D eigenvalue weighted by Crippen LogP contribution is 2.69. The molecule has 0 amide bonds. The molecule has 1 heteroatoms. The van der Waals surface area contributed by atoms with Crippen LogP contribution in [-0.4, -0.2) is 5.78 Å². The summed E-state index contributed by atoms with van der Waals surface area (Å²) in [5.41, 5.74) is 1.51. The van der Waals surface area contributed by atoms with Gasteiger partial charge in [0.25, 0.3) is 0 Å². The van der Waals surface area contributed by atoms with Crippen molar-refractivity contribution in [2.45, 2.75) is 59.8 Å². The van der Waals surface area contributed by atoms with Gasteiger partial charge in [0, 0.05) is 5.92 Å². The number of carbonyl (C=O) groups excluding carboxylic acids is 1. The molecule has 0 unspecified atom stereocenters. The zero-order valence-electron chi connectivity index (χ0n) is 11.1. The molecule has 0 N–H and O–H groups in total. The molecular weight excluding hydrogens is 196 g/mol. The predicted octanol–water partition coefficient (Wildman–Crippen LogP) is 4.13. The molecule has 90 valence electrons. The molecule has 0 spiro atoms. The highest BCUT2D eigenvalue weighted by atomic mass is 16.1. The fourth-order valence-electron chi connectivity index (χ4n) is 3.28. The van der Waals surface area contributed by atoms with Gasteiger partial charge in [-0.25, -0.2) is 0 Å². The zero-order valence-corrected chi connectivity index (χ0v) is 11.1. The molecule has 0 heterocycles. The van der Waals surface area contributed by atoms with Crippen LogP contribution in [0.5, 0.6) is 0 Å². The fourth-order valence-corrected chi connectivity index (χ4v) is 3.28. The molecule has 1 nitrogen and oxygen atoms in total. The maximum absolute atomic E-state index is 12.5. The third kappa shape index (κ3) is 1.65. The number of allylic oxidation sites excluding steroid dienone is 2. The standard InChI is InChI=1S/C15H24O/c1-14(2)13(15(14,3)4)12(16)11-9-7-5-6-8-10-11/h9,13H,5-8,10H2,1-4H3. The van der Waals surface area contributed by atoms with Crippen molar-refractivity contribution in [1.82, 2.24) is 0 Å². The van der Waals surface area contributed by atoms with Gasteiger partial charge >= 0.3 is 0 Å². The smallest absolute Gasteiger partial charge is 0.162 e. The highest BCUT2D eigenvalue weighted by Gasteiger charge is 2.67. The normalized spacial score (nSPS) is 28.1. The average Bonchev–Trinajstić information content (AvgIpc) is 2.73. The summed E-state index contributed by atoms with van der Waals surface area (Å²) in [5, 5.41) is 0. The maximum Gasteiger partial charge on any atom is 0.162 e. The third-order valence-electron chi connectivity index (χ3n) is 5.14. The van der Waals surface area contributed by atoms with Crippen LogP contribution in [0.3, 0.4) is 0 Å². The van der Waals surface area contributed by atoms with Gasteiger partial charge in [0.1, 0.15) is 0 Å². The third-order valence-corrected chi connectivity index (χ3v) is 5.14. The van der Waals surface area contributed by atoms with Crippen LogP contribution >= 0.6 is 0 Å². The van der Waals surface area contributed by atoms with E-state index >= 15 is 0 Å². The molecule has 0 atom stereocenters. The summed E-state index contributed by atoms with van der Waals surface area (Å²) in [7, 11) is 0. The summed E-state index contributed by atoms with van der Waals surface area (Å²) < 4.78 is 0. The van der Waals surface area contributed by atoms with Crippen LogP contribution in [0.15, 0.2) is 11.6 Å². The van der Waals surface area contributed by atoms with Gasteiger partial charge < -0.3 is 0 Å². The van der Waals surface area contributed by atoms with E-state index in [1.54, 1.807) is 0 Å². The monoisotopic (exact) mass is 220 g/mol. The Labute approximate surface area is 99.3 Å². The van der Waals surface area contributed by atoms with E-state index in [-0.39, 0.29) is 16.7 Å². The molecule has 0 radical (unpaired) electrons. The number of Topliss-reactive ketones (excluding diaryl/α,β-unsaturated/α-hetero) is 1. The van der Waals surface area contributed by atoms with E-state index in [1.807, 2.05) is 0 Å². The molecule has 0 saturated heterocycles. The summed E-state index contributed by atoms with van der Waals surface area (Å²) in [6, 6.07) is 0. The number of hydrogen-bond donors (Lipinski definition) is 0. The minimum atomic E-state index is 0.192. The lowest BCUT2D eigenvalue weighted by Gasteiger charge is -2.05. The van der Waals surface area contributed by atoms with Gasteiger partial charge in [-0.05, 0) is 42.1 Å². The summed E-state index contributed by atoms with van der Waals surface area (Å²) in [6.07, 6.45) is 8.07. The molecule has 0 aromatic carbocycles. The number of rotatable bonds is 2. The van der Waals surface area contributed by atoms with Crippen LogP contribution in [-0.2, 0) is 4.79 Å². The highest BCUT2D eigenvalue weighted by molar-refractivity contribution is 6.00. The van der Waals surface area contributed by atoms with E-state index in [0.717, 1.165) is 18.4 Å². The first-order valence-corrected chi connectivity index (χ1v) is 6.62. The van der Waals surface area contributed by atoms with Gasteiger partial charge in [0.05, 0.1) is 0 Å². The molecule has 1 saturated carbocycles.